The lowest BCUT2D eigenvalue weighted by Crippen LogP contribution is -2.43. The first-order valence-corrected chi connectivity index (χ1v) is 8.26. The number of imidazole rings is 1. The molecular weight excluding hydrogens is 270 g/mol. The first-order chi connectivity index (χ1) is 9.68. The minimum absolute atomic E-state index is 0.526. The topological polar surface area (TPSA) is 49.6 Å². The number of rotatable bonds is 4. The fourth-order valence-electron chi connectivity index (χ4n) is 2.68. The van der Waals surface area contributed by atoms with Crippen LogP contribution in [0.4, 0.5) is 0 Å². The number of hydrogen-bond donors (Lipinski definition) is 2. The predicted molar refractivity (Wildman–Crippen MR) is 83.1 cm³/mol. The number of nitrogens with one attached hydrogen (secondary N) is 1. The number of nitrogens with zero attached hydrogens (tertiary/aromatic N) is 2. The molecule has 3 heterocycles. The zero-order chi connectivity index (χ0) is 14.0. The molecule has 3 rings (SSSR count). The Bertz CT molecular complexity index is 590. The summed E-state index contributed by atoms with van der Waals surface area (Å²) in [5, 5.41) is 13.8. The molecule has 20 heavy (non-hydrogen) atoms. The second-order valence-corrected chi connectivity index (χ2v) is 6.80. The van der Waals surface area contributed by atoms with Gasteiger partial charge in [-0.05, 0) is 42.9 Å². The highest BCUT2D eigenvalue weighted by molar-refractivity contribution is 7.99. The predicted octanol–water partition coefficient (Wildman–Crippen LogP) is 1.99. The molecule has 0 amide bonds. The summed E-state index contributed by atoms with van der Waals surface area (Å²) >= 11 is 1.93. The summed E-state index contributed by atoms with van der Waals surface area (Å²) in [6.45, 7) is 3.47. The highest BCUT2D eigenvalue weighted by Gasteiger charge is 2.28. The van der Waals surface area contributed by atoms with Crippen molar-refractivity contribution in [1.29, 1.82) is 0 Å². The van der Waals surface area contributed by atoms with Crippen molar-refractivity contribution in [3.05, 3.63) is 35.8 Å². The van der Waals surface area contributed by atoms with Crippen molar-refractivity contribution in [3.63, 3.8) is 0 Å². The van der Waals surface area contributed by atoms with Gasteiger partial charge in [-0.15, -0.1) is 0 Å². The molecule has 1 saturated heterocycles. The van der Waals surface area contributed by atoms with Gasteiger partial charge in [0.15, 0.2) is 0 Å². The smallest absolute Gasteiger partial charge is 0.139 e. The van der Waals surface area contributed by atoms with E-state index in [1.54, 1.807) is 0 Å². The lowest BCUT2D eigenvalue weighted by Gasteiger charge is -2.31. The molecule has 0 atom stereocenters. The van der Waals surface area contributed by atoms with Gasteiger partial charge in [-0.2, -0.15) is 11.8 Å². The molecule has 0 radical (unpaired) electrons. The highest BCUT2D eigenvalue weighted by Crippen LogP contribution is 2.26. The van der Waals surface area contributed by atoms with Gasteiger partial charge in [0.2, 0.25) is 0 Å². The maximum Gasteiger partial charge on any atom is 0.139 e. The van der Waals surface area contributed by atoms with Crippen LogP contribution in [0.15, 0.2) is 24.5 Å². The lowest BCUT2D eigenvalue weighted by atomic mass is 9.97. The minimum atomic E-state index is -0.526. The number of pyridine rings is 1. The van der Waals surface area contributed by atoms with E-state index in [-0.39, 0.29) is 0 Å². The summed E-state index contributed by atoms with van der Waals surface area (Å²) < 4.78 is 2.11. The largest absolute Gasteiger partial charge is 0.389 e. The van der Waals surface area contributed by atoms with E-state index < -0.39 is 5.60 Å². The molecule has 1 aliphatic heterocycles. The maximum absolute atomic E-state index is 10.5. The summed E-state index contributed by atoms with van der Waals surface area (Å²) in [5.74, 6) is 2.12. The summed E-state index contributed by atoms with van der Waals surface area (Å²) in [6, 6.07) is 4.11. The summed E-state index contributed by atoms with van der Waals surface area (Å²) in [5.41, 5.74) is 2.80. The molecule has 0 spiro atoms. The van der Waals surface area contributed by atoms with Gasteiger partial charge in [0, 0.05) is 19.3 Å². The van der Waals surface area contributed by atoms with Crippen molar-refractivity contribution in [2.24, 2.45) is 0 Å². The Morgan fingerprint density at radius 1 is 1.45 bits per heavy atom. The fraction of sp³-hybridized carbons (Fsp3) is 0.533. The zero-order valence-electron chi connectivity index (χ0n) is 11.8. The van der Waals surface area contributed by atoms with Crippen LogP contribution in [0, 0.1) is 6.92 Å². The molecular formula is C15H21N3OS. The quantitative estimate of drug-likeness (QED) is 0.904. The molecule has 0 aliphatic carbocycles. The van der Waals surface area contributed by atoms with Crippen LogP contribution in [0.3, 0.4) is 0 Å². The Hall–Kier alpha value is -1.04. The molecule has 4 nitrogen and oxygen atoms in total. The second-order valence-electron chi connectivity index (χ2n) is 5.57. The average molecular weight is 291 g/mol. The van der Waals surface area contributed by atoms with E-state index in [9.17, 15) is 5.11 Å². The number of aliphatic hydroxyl groups is 1. The second kappa shape index (κ2) is 5.76. The van der Waals surface area contributed by atoms with Gasteiger partial charge in [0.05, 0.1) is 17.5 Å². The molecule has 0 unspecified atom stereocenters. The summed E-state index contributed by atoms with van der Waals surface area (Å²) in [6.07, 6.45) is 5.72. The van der Waals surface area contributed by atoms with Crippen LogP contribution in [0.25, 0.3) is 5.65 Å². The number of thioether (sulfide) groups is 1. The van der Waals surface area contributed by atoms with E-state index in [1.165, 1.54) is 5.56 Å². The average Bonchev–Trinajstić information content (AvgIpc) is 2.84. The molecule has 2 aromatic rings. The van der Waals surface area contributed by atoms with Crippen molar-refractivity contribution in [2.75, 3.05) is 18.1 Å². The standard InChI is InChI=1S/C15H21N3OS/c1-12-3-2-6-18-13(10-17-14(12)18)9-16-11-15(19)4-7-20-8-5-15/h2-3,6,10,16,19H,4-5,7-9,11H2,1H3. The first kappa shape index (κ1) is 13.9. The van der Waals surface area contributed by atoms with E-state index in [1.807, 2.05) is 30.2 Å². The third kappa shape index (κ3) is 2.85. The Labute approximate surface area is 123 Å². The van der Waals surface area contributed by atoms with Gasteiger partial charge >= 0.3 is 0 Å². The van der Waals surface area contributed by atoms with E-state index in [2.05, 4.69) is 27.7 Å². The van der Waals surface area contributed by atoms with Crippen LogP contribution in [0.5, 0.6) is 0 Å². The maximum atomic E-state index is 10.5. The Morgan fingerprint density at radius 3 is 3.05 bits per heavy atom. The van der Waals surface area contributed by atoms with Crippen LogP contribution in [-0.4, -0.2) is 38.1 Å². The Balaban J connectivity index is 1.64. The van der Waals surface area contributed by atoms with E-state index in [4.69, 9.17) is 0 Å². The van der Waals surface area contributed by atoms with Crippen LogP contribution >= 0.6 is 11.8 Å². The molecule has 1 fully saturated rings. The van der Waals surface area contributed by atoms with Gasteiger partial charge in [0.25, 0.3) is 0 Å². The minimum Gasteiger partial charge on any atom is -0.389 e. The third-order valence-corrected chi connectivity index (χ3v) is 4.98. The van der Waals surface area contributed by atoms with Crippen LogP contribution < -0.4 is 5.32 Å². The van der Waals surface area contributed by atoms with Crippen LogP contribution in [0.2, 0.25) is 0 Å². The Kier molecular flexibility index (Phi) is 4.01. The zero-order valence-corrected chi connectivity index (χ0v) is 12.6. The lowest BCUT2D eigenvalue weighted by molar-refractivity contribution is 0.0319. The Morgan fingerprint density at radius 2 is 2.25 bits per heavy atom. The summed E-state index contributed by atoms with van der Waals surface area (Å²) in [4.78, 5) is 4.46. The number of aromatic nitrogens is 2. The normalized spacial score (nSPS) is 18.5. The number of aryl methyl sites for hydroxylation is 1. The monoisotopic (exact) mass is 291 g/mol. The first-order valence-electron chi connectivity index (χ1n) is 7.10. The van der Waals surface area contributed by atoms with Crippen molar-refractivity contribution in [3.8, 4) is 0 Å². The highest BCUT2D eigenvalue weighted by atomic mass is 32.2. The molecule has 0 saturated carbocycles. The summed E-state index contributed by atoms with van der Waals surface area (Å²) in [7, 11) is 0. The van der Waals surface area contributed by atoms with Gasteiger partial charge < -0.3 is 14.8 Å². The van der Waals surface area contributed by atoms with Crippen LogP contribution in [-0.2, 0) is 6.54 Å². The molecule has 1 aliphatic rings. The van der Waals surface area contributed by atoms with Crippen molar-refractivity contribution >= 4 is 17.4 Å². The van der Waals surface area contributed by atoms with Gasteiger partial charge in [-0.25, -0.2) is 4.98 Å². The van der Waals surface area contributed by atoms with Crippen LogP contribution in [0.1, 0.15) is 24.1 Å². The third-order valence-electron chi connectivity index (χ3n) is 3.99. The van der Waals surface area contributed by atoms with E-state index >= 15 is 0 Å². The van der Waals surface area contributed by atoms with Crippen molar-refractivity contribution in [2.45, 2.75) is 31.9 Å². The molecule has 0 bridgehead atoms. The van der Waals surface area contributed by atoms with Gasteiger partial charge in [0.1, 0.15) is 5.65 Å². The van der Waals surface area contributed by atoms with Crippen molar-refractivity contribution in [1.82, 2.24) is 14.7 Å². The van der Waals surface area contributed by atoms with E-state index in [0.717, 1.165) is 42.2 Å². The van der Waals surface area contributed by atoms with E-state index in [0.29, 0.717) is 6.54 Å². The molecule has 2 N–H and O–H groups in total. The molecule has 5 heteroatoms. The van der Waals surface area contributed by atoms with Gasteiger partial charge in [-0.3, -0.25) is 0 Å². The number of hydrogen-bond acceptors (Lipinski definition) is 4. The van der Waals surface area contributed by atoms with Crippen molar-refractivity contribution < 1.29 is 5.11 Å². The van der Waals surface area contributed by atoms with Gasteiger partial charge in [-0.1, -0.05) is 6.07 Å². The fourth-order valence-corrected chi connectivity index (χ4v) is 3.94. The number of fused-ring (bicyclic) bond motifs is 1. The molecule has 108 valence electrons. The SMILES string of the molecule is Cc1cccn2c(CNCC3(O)CCSCC3)cnc12. The molecule has 2 aromatic heterocycles. The molecule has 0 aromatic carbocycles.